The summed E-state index contributed by atoms with van der Waals surface area (Å²) in [6.45, 7) is 4.85. The van der Waals surface area contributed by atoms with Gasteiger partial charge < -0.3 is 5.32 Å². The molecular weight excluding hydrogens is 250 g/mol. The summed E-state index contributed by atoms with van der Waals surface area (Å²) < 4.78 is 1.78. The summed E-state index contributed by atoms with van der Waals surface area (Å²) in [6, 6.07) is 14.9. The number of nitrogens with zero attached hydrogens (tertiary/aromatic N) is 4. The molecule has 0 saturated heterocycles. The van der Waals surface area contributed by atoms with Gasteiger partial charge in [0.15, 0.2) is 5.82 Å². The minimum absolute atomic E-state index is 0.400. The van der Waals surface area contributed by atoms with Crippen LogP contribution in [0.15, 0.2) is 42.5 Å². The molecule has 0 saturated carbocycles. The van der Waals surface area contributed by atoms with Gasteiger partial charge in [-0.25, -0.2) is 0 Å². The number of rotatable bonds is 4. The third-order valence-corrected chi connectivity index (χ3v) is 3.18. The van der Waals surface area contributed by atoms with Crippen LogP contribution in [0.2, 0.25) is 0 Å². The highest BCUT2D eigenvalue weighted by molar-refractivity contribution is 5.84. The number of aromatic nitrogens is 4. The molecule has 5 nitrogen and oxygen atoms in total. The van der Waals surface area contributed by atoms with Crippen LogP contribution in [-0.2, 0) is 6.54 Å². The normalized spacial score (nSPS) is 11.3. The Kier molecular flexibility index (Phi) is 3.43. The van der Waals surface area contributed by atoms with Gasteiger partial charge in [0.1, 0.15) is 0 Å². The molecule has 0 aliphatic heterocycles. The van der Waals surface area contributed by atoms with Gasteiger partial charge in [0, 0.05) is 6.04 Å². The number of hydrogen-bond donors (Lipinski definition) is 1. The van der Waals surface area contributed by atoms with Crippen molar-refractivity contribution in [1.82, 2.24) is 25.5 Å². The molecule has 0 unspecified atom stereocenters. The maximum absolute atomic E-state index is 4.09. The Morgan fingerprint density at radius 2 is 1.90 bits per heavy atom. The highest BCUT2D eigenvalue weighted by Gasteiger charge is 2.08. The van der Waals surface area contributed by atoms with E-state index in [1.165, 1.54) is 10.8 Å². The molecule has 1 heterocycles. The van der Waals surface area contributed by atoms with Crippen molar-refractivity contribution in [1.29, 1.82) is 0 Å². The zero-order valence-corrected chi connectivity index (χ0v) is 11.6. The second-order valence-electron chi connectivity index (χ2n) is 5.07. The molecule has 0 aliphatic rings. The Morgan fingerprint density at radius 1 is 1.10 bits per heavy atom. The van der Waals surface area contributed by atoms with Crippen LogP contribution in [0.5, 0.6) is 0 Å². The van der Waals surface area contributed by atoms with Crippen molar-refractivity contribution in [2.24, 2.45) is 0 Å². The quantitative estimate of drug-likeness (QED) is 0.788. The summed E-state index contributed by atoms with van der Waals surface area (Å²) in [4.78, 5) is 0. The Hall–Kier alpha value is -2.27. The maximum atomic E-state index is 4.09. The van der Waals surface area contributed by atoms with Crippen molar-refractivity contribution in [3.63, 3.8) is 0 Å². The van der Waals surface area contributed by atoms with Gasteiger partial charge in [-0.2, -0.15) is 4.68 Å². The minimum atomic E-state index is 0.400. The highest BCUT2D eigenvalue weighted by Crippen LogP contribution is 2.18. The van der Waals surface area contributed by atoms with E-state index in [4.69, 9.17) is 0 Å². The summed E-state index contributed by atoms with van der Waals surface area (Å²) in [6.07, 6.45) is 0. The van der Waals surface area contributed by atoms with E-state index in [9.17, 15) is 0 Å². The van der Waals surface area contributed by atoms with Crippen molar-refractivity contribution >= 4 is 10.8 Å². The van der Waals surface area contributed by atoms with E-state index < -0.39 is 0 Å². The van der Waals surface area contributed by atoms with Crippen LogP contribution in [-0.4, -0.2) is 26.2 Å². The number of fused-ring (bicyclic) bond motifs is 1. The average molecular weight is 267 g/mol. The fraction of sp³-hybridized carbons (Fsp3) is 0.267. The first kappa shape index (κ1) is 12.7. The Balaban J connectivity index is 1.96. The molecule has 0 spiro atoms. The van der Waals surface area contributed by atoms with Gasteiger partial charge in [-0.15, -0.1) is 5.10 Å². The van der Waals surface area contributed by atoms with Gasteiger partial charge >= 0.3 is 0 Å². The first-order valence-corrected chi connectivity index (χ1v) is 6.74. The molecule has 5 heteroatoms. The van der Waals surface area contributed by atoms with Gasteiger partial charge in [0.05, 0.1) is 12.2 Å². The zero-order valence-electron chi connectivity index (χ0n) is 11.6. The minimum Gasteiger partial charge on any atom is -0.308 e. The Morgan fingerprint density at radius 3 is 2.70 bits per heavy atom. The predicted octanol–water partition coefficient (Wildman–Crippen LogP) is 2.31. The van der Waals surface area contributed by atoms with Crippen molar-refractivity contribution in [3.8, 4) is 5.69 Å². The molecule has 1 aromatic heterocycles. The smallest absolute Gasteiger partial charge is 0.170 e. The molecule has 2 aromatic carbocycles. The molecule has 0 radical (unpaired) electrons. The zero-order chi connectivity index (χ0) is 13.9. The number of nitrogens with one attached hydrogen (secondary N) is 1. The lowest BCUT2D eigenvalue weighted by atomic mass is 10.1. The molecule has 0 bridgehead atoms. The van der Waals surface area contributed by atoms with E-state index in [2.05, 4.69) is 59.0 Å². The first-order valence-electron chi connectivity index (χ1n) is 6.74. The van der Waals surface area contributed by atoms with Crippen LogP contribution in [0, 0.1) is 0 Å². The molecule has 20 heavy (non-hydrogen) atoms. The summed E-state index contributed by atoms with van der Waals surface area (Å²) in [5.41, 5.74) is 0.981. The predicted molar refractivity (Wildman–Crippen MR) is 78.6 cm³/mol. The molecule has 3 aromatic rings. The molecule has 3 rings (SSSR count). The topological polar surface area (TPSA) is 55.6 Å². The molecule has 1 N–H and O–H groups in total. The standard InChI is InChI=1S/C15H17N5/c1-11(2)16-10-15-17-18-19-20(15)14-8-7-12-5-3-4-6-13(12)9-14/h3-9,11,16H,10H2,1-2H3. The molecule has 0 atom stereocenters. The van der Waals surface area contributed by atoms with Crippen LogP contribution in [0.3, 0.4) is 0 Å². The van der Waals surface area contributed by atoms with Gasteiger partial charge in [-0.05, 0) is 33.3 Å². The van der Waals surface area contributed by atoms with Crippen LogP contribution >= 0.6 is 0 Å². The van der Waals surface area contributed by atoms with Crippen LogP contribution in [0.1, 0.15) is 19.7 Å². The average Bonchev–Trinajstić information content (AvgIpc) is 2.93. The maximum Gasteiger partial charge on any atom is 0.170 e. The van der Waals surface area contributed by atoms with E-state index in [1.807, 2.05) is 18.2 Å². The van der Waals surface area contributed by atoms with E-state index in [0.717, 1.165) is 11.5 Å². The second kappa shape index (κ2) is 5.38. The largest absolute Gasteiger partial charge is 0.308 e. The molecule has 0 aliphatic carbocycles. The second-order valence-corrected chi connectivity index (χ2v) is 5.07. The lowest BCUT2D eigenvalue weighted by molar-refractivity contribution is 0.563. The fourth-order valence-electron chi connectivity index (χ4n) is 2.12. The molecular formula is C15H17N5. The monoisotopic (exact) mass is 267 g/mol. The van der Waals surface area contributed by atoms with Crippen molar-refractivity contribution < 1.29 is 0 Å². The van der Waals surface area contributed by atoms with E-state index >= 15 is 0 Å². The SMILES string of the molecule is CC(C)NCc1nnnn1-c1ccc2ccccc2c1. The van der Waals surface area contributed by atoms with Gasteiger partial charge in [-0.1, -0.05) is 44.2 Å². The van der Waals surface area contributed by atoms with Crippen molar-refractivity contribution in [2.45, 2.75) is 26.4 Å². The molecule has 102 valence electrons. The number of tetrazole rings is 1. The molecule has 0 amide bonds. The number of benzene rings is 2. The van der Waals surface area contributed by atoms with E-state index in [-0.39, 0.29) is 0 Å². The van der Waals surface area contributed by atoms with E-state index in [0.29, 0.717) is 12.6 Å². The van der Waals surface area contributed by atoms with E-state index in [1.54, 1.807) is 4.68 Å². The van der Waals surface area contributed by atoms with Crippen molar-refractivity contribution in [3.05, 3.63) is 48.3 Å². The highest BCUT2D eigenvalue weighted by atomic mass is 15.5. The van der Waals surface area contributed by atoms with Gasteiger partial charge in [0.25, 0.3) is 0 Å². The Labute approximate surface area is 117 Å². The third kappa shape index (κ3) is 2.53. The first-order chi connectivity index (χ1) is 9.74. The summed E-state index contributed by atoms with van der Waals surface area (Å²) in [7, 11) is 0. The third-order valence-electron chi connectivity index (χ3n) is 3.18. The summed E-state index contributed by atoms with van der Waals surface area (Å²) >= 11 is 0. The fourth-order valence-corrected chi connectivity index (χ4v) is 2.12. The lowest BCUT2D eigenvalue weighted by Gasteiger charge is -2.09. The number of hydrogen-bond acceptors (Lipinski definition) is 4. The van der Waals surface area contributed by atoms with Crippen LogP contribution in [0.25, 0.3) is 16.5 Å². The summed E-state index contributed by atoms with van der Waals surface area (Å²) in [5.74, 6) is 0.814. The van der Waals surface area contributed by atoms with Gasteiger partial charge in [-0.3, -0.25) is 0 Å². The summed E-state index contributed by atoms with van der Waals surface area (Å²) in [5, 5.41) is 17.7. The van der Waals surface area contributed by atoms with Crippen LogP contribution < -0.4 is 5.32 Å². The van der Waals surface area contributed by atoms with Crippen LogP contribution in [0.4, 0.5) is 0 Å². The Bertz CT molecular complexity index is 717. The van der Waals surface area contributed by atoms with Gasteiger partial charge in [0.2, 0.25) is 0 Å². The van der Waals surface area contributed by atoms with Crippen molar-refractivity contribution in [2.75, 3.05) is 0 Å². The molecule has 0 fully saturated rings. The lowest BCUT2D eigenvalue weighted by Crippen LogP contribution is -2.24.